The van der Waals surface area contributed by atoms with Crippen molar-refractivity contribution in [1.29, 1.82) is 0 Å². The van der Waals surface area contributed by atoms with E-state index in [1.54, 1.807) is 0 Å². The molecule has 5 rings (SSSR count). The molecule has 2 nitrogen and oxygen atoms in total. The molecule has 0 N–H and O–H groups in total. The third-order valence-corrected chi connectivity index (χ3v) is 8.78. The fraction of sp³-hybridized carbons (Fsp3) is 0.371. The minimum atomic E-state index is 0.341. The highest BCUT2D eigenvalue weighted by atomic mass is 15.2. The van der Waals surface area contributed by atoms with E-state index in [4.69, 9.17) is 0 Å². The number of hydrogen-bond acceptors (Lipinski definition) is 2. The van der Waals surface area contributed by atoms with E-state index in [-0.39, 0.29) is 0 Å². The van der Waals surface area contributed by atoms with Crippen LogP contribution in [-0.2, 0) is 19.4 Å². The van der Waals surface area contributed by atoms with Gasteiger partial charge in [0.25, 0.3) is 0 Å². The maximum absolute atomic E-state index is 4.15. The molecule has 0 bridgehead atoms. The van der Waals surface area contributed by atoms with Gasteiger partial charge in [-0.25, -0.2) is 0 Å². The molecule has 0 saturated heterocycles. The fourth-order valence-electron chi connectivity index (χ4n) is 6.71. The summed E-state index contributed by atoms with van der Waals surface area (Å²) in [5, 5.41) is 0. The minimum Gasteiger partial charge on any atom is -0.341 e. The van der Waals surface area contributed by atoms with Crippen molar-refractivity contribution in [2.45, 2.75) is 71.9 Å². The first-order valence-corrected chi connectivity index (χ1v) is 14.0. The van der Waals surface area contributed by atoms with Gasteiger partial charge in [-0.3, -0.25) is 4.90 Å². The van der Waals surface area contributed by atoms with Gasteiger partial charge in [-0.05, 0) is 90.6 Å². The number of fused-ring (bicyclic) bond motifs is 2. The van der Waals surface area contributed by atoms with Crippen molar-refractivity contribution in [2.24, 2.45) is 0 Å². The predicted octanol–water partition coefficient (Wildman–Crippen LogP) is 8.81. The van der Waals surface area contributed by atoms with Crippen molar-refractivity contribution in [3.05, 3.63) is 112 Å². The van der Waals surface area contributed by atoms with E-state index >= 15 is 0 Å². The predicted molar refractivity (Wildman–Crippen MR) is 160 cm³/mol. The Hall–Kier alpha value is -3.10. The van der Waals surface area contributed by atoms with Gasteiger partial charge in [0.15, 0.2) is 0 Å². The van der Waals surface area contributed by atoms with E-state index in [1.807, 2.05) is 6.08 Å². The maximum Gasteiger partial charge on any atom is 0.0685 e. The third kappa shape index (κ3) is 4.57. The van der Waals surface area contributed by atoms with E-state index < -0.39 is 0 Å². The Morgan fingerprint density at radius 1 is 1.03 bits per heavy atom. The lowest BCUT2D eigenvalue weighted by molar-refractivity contribution is 0.198. The molecular formula is C35H42N2. The summed E-state index contributed by atoms with van der Waals surface area (Å²) in [5.74, 6) is 0.341. The molecule has 2 aliphatic rings. The molecule has 0 radical (unpaired) electrons. The van der Waals surface area contributed by atoms with Crippen LogP contribution in [0.25, 0.3) is 6.08 Å². The van der Waals surface area contributed by atoms with Gasteiger partial charge in [0.05, 0.1) is 11.4 Å². The number of aryl methyl sites for hydroxylation is 3. The Morgan fingerprint density at radius 2 is 1.84 bits per heavy atom. The molecule has 1 aliphatic carbocycles. The zero-order valence-electron chi connectivity index (χ0n) is 23.4. The van der Waals surface area contributed by atoms with Crippen LogP contribution < -0.4 is 4.90 Å². The molecule has 1 heterocycles. The Morgan fingerprint density at radius 3 is 2.54 bits per heavy atom. The van der Waals surface area contributed by atoms with Crippen LogP contribution in [0.4, 0.5) is 11.4 Å². The largest absolute Gasteiger partial charge is 0.341 e. The Bertz CT molecular complexity index is 1350. The van der Waals surface area contributed by atoms with Crippen molar-refractivity contribution in [2.75, 3.05) is 18.5 Å². The number of allylic oxidation sites excluding steroid dienone is 1. The van der Waals surface area contributed by atoms with Crippen LogP contribution in [0.15, 0.2) is 61.7 Å². The van der Waals surface area contributed by atoms with E-state index in [1.165, 1.54) is 67.9 Å². The van der Waals surface area contributed by atoms with Gasteiger partial charge in [-0.1, -0.05) is 80.6 Å². The molecule has 0 spiro atoms. The lowest BCUT2D eigenvalue weighted by atomic mass is 9.83. The van der Waals surface area contributed by atoms with Crippen molar-refractivity contribution in [3.63, 3.8) is 0 Å². The van der Waals surface area contributed by atoms with Crippen LogP contribution in [0, 0.1) is 13.8 Å². The van der Waals surface area contributed by atoms with Gasteiger partial charge in [0.1, 0.15) is 0 Å². The molecule has 2 atom stereocenters. The summed E-state index contributed by atoms with van der Waals surface area (Å²) in [4.78, 5) is 5.03. The fourth-order valence-corrected chi connectivity index (χ4v) is 6.71. The van der Waals surface area contributed by atoms with E-state index in [2.05, 4.69) is 106 Å². The van der Waals surface area contributed by atoms with E-state index in [0.717, 1.165) is 32.4 Å². The molecule has 0 amide bonds. The van der Waals surface area contributed by atoms with Gasteiger partial charge in [0.2, 0.25) is 0 Å². The van der Waals surface area contributed by atoms with Crippen LogP contribution in [-0.4, -0.2) is 18.5 Å². The first-order valence-electron chi connectivity index (χ1n) is 14.0. The van der Waals surface area contributed by atoms with Crippen LogP contribution in [0.1, 0.15) is 88.7 Å². The van der Waals surface area contributed by atoms with Crippen molar-refractivity contribution < 1.29 is 0 Å². The van der Waals surface area contributed by atoms with E-state index in [0.29, 0.717) is 12.0 Å². The Balaban J connectivity index is 1.50. The average molecular weight is 491 g/mol. The summed E-state index contributed by atoms with van der Waals surface area (Å²) in [5.41, 5.74) is 15.7. The summed E-state index contributed by atoms with van der Waals surface area (Å²) in [6.45, 7) is 19.3. The Labute approximate surface area is 224 Å². The molecule has 192 valence electrons. The standard InChI is InChI=1S/C35H42N2/c1-8-12-30(31-20-26(10-3)35-34(24(31)6)36(35)7)28-16-15-27-17-18-33(32(27)21-28)37(11-4)22-29-19-23(5)13-14-25(29)9-2/h8-9,13-16,19-21,30,33H,1-2,10-12,17-18,22H2,3-7H3. The second kappa shape index (κ2) is 10.3. The maximum atomic E-state index is 4.15. The summed E-state index contributed by atoms with van der Waals surface area (Å²) in [6.07, 6.45) is 8.48. The van der Waals surface area contributed by atoms with Gasteiger partial charge in [0, 0.05) is 25.6 Å². The molecule has 3 aromatic rings. The molecule has 0 aromatic heterocycles. The average Bonchev–Trinajstić information content (AvgIpc) is 3.40. The molecule has 0 saturated carbocycles. The third-order valence-electron chi connectivity index (χ3n) is 8.78. The number of anilines is 2. The molecule has 37 heavy (non-hydrogen) atoms. The van der Waals surface area contributed by atoms with Crippen LogP contribution in [0.3, 0.4) is 0 Å². The lowest BCUT2D eigenvalue weighted by Gasteiger charge is -2.30. The number of hydrogen-bond donors (Lipinski definition) is 0. The molecular weight excluding hydrogens is 448 g/mol. The second-order valence-corrected chi connectivity index (χ2v) is 10.9. The summed E-state index contributed by atoms with van der Waals surface area (Å²) >= 11 is 0. The molecule has 3 aromatic carbocycles. The molecule has 2 heteroatoms. The highest BCUT2D eigenvalue weighted by molar-refractivity contribution is 5.98. The van der Waals surface area contributed by atoms with Crippen LogP contribution in [0.5, 0.6) is 0 Å². The van der Waals surface area contributed by atoms with Crippen molar-refractivity contribution in [3.8, 4) is 0 Å². The lowest BCUT2D eigenvalue weighted by Crippen LogP contribution is -2.27. The van der Waals surface area contributed by atoms with Gasteiger partial charge < -0.3 is 4.90 Å². The first-order chi connectivity index (χ1) is 17.9. The number of rotatable bonds is 10. The zero-order valence-corrected chi connectivity index (χ0v) is 23.4. The molecule has 2 unspecified atom stereocenters. The SMILES string of the molecule is C=CCC(c1ccc2c(c1)C(N(CC)Cc1cc(C)ccc1C=C)CC2)c1cc(CC)c2c(c1C)N2C. The smallest absolute Gasteiger partial charge is 0.0685 e. The van der Waals surface area contributed by atoms with Gasteiger partial charge in [-0.2, -0.15) is 0 Å². The van der Waals surface area contributed by atoms with E-state index in [9.17, 15) is 0 Å². The van der Waals surface area contributed by atoms with Crippen LogP contribution >= 0.6 is 0 Å². The summed E-state index contributed by atoms with van der Waals surface area (Å²) < 4.78 is 0. The highest BCUT2D eigenvalue weighted by Gasteiger charge is 2.34. The quantitative estimate of drug-likeness (QED) is 0.207. The topological polar surface area (TPSA) is 6.25 Å². The summed E-state index contributed by atoms with van der Waals surface area (Å²) in [6, 6.07) is 17.0. The zero-order chi connectivity index (χ0) is 26.3. The first kappa shape index (κ1) is 25.5. The van der Waals surface area contributed by atoms with Gasteiger partial charge >= 0.3 is 0 Å². The molecule has 1 aliphatic heterocycles. The van der Waals surface area contributed by atoms with Crippen molar-refractivity contribution in [1.82, 2.24) is 4.90 Å². The highest BCUT2D eigenvalue weighted by Crippen LogP contribution is 2.54. The monoisotopic (exact) mass is 490 g/mol. The second-order valence-electron chi connectivity index (χ2n) is 10.9. The van der Waals surface area contributed by atoms with Gasteiger partial charge in [-0.15, -0.1) is 6.58 Å². The Kier molecular flexibility index (Phi) is 7.14. The van der Waals surface area contributed by atoms with Crippen LogP contribution in [0.2, 0.25) is 0 Å². The normalized spacial score (nSPS) is 16.5. The summed E-state index contributed by atoms with van der Waals surface area (Å²) in [7, 11) is 2.20. The minimum absolute atomic E-state index is 0.341. The molecule has 0 fully saturated rings. The number of nitrogens with zero attached hydrogens (tertiary/aromatic N) is 2. The number of benzene rings is 3. The van der Waals surface area contributed by atoms with Crippen molar-refractivity contribution >= 4 is 17.5 Å².